The van der Waals surface area contributed by atoms with Crippen LogP contribution in [0.4, 0.5) is 0 Å². The molecule has 1 unspecified atom stereocenters. The van der Waals surface area contributed by atoms with Gasteiger partial charge >= 0.3 is 0 Å². The molecule has 1 aliphatic heterocycles. The van der Waals surface area contributed by atoms with Crippen LogP contribution in [0.25, 0.3) is 0 Å². The van der Waals surface area contributed by atoms with Crippen LogP contribution in [-0.4, -0.2) is 37.4 Å². The number of Topliss-reactive ketones (excluding diaryl/α,β-unsaturated/α-hetero) is 1. The van der Waals surface area contributed by atoms with Crippen molar-refractivity contribution >= 4 is 5.78 Å². The van der Waals surface area contributed by atoms with E-state index in [9.17, 15) is 30.3 Å². The fourth-order valence-electron chi connectivity index (χ4n) is 2.38. The normalized spacial score (nSPS) is 20.3. The smallest absolute Gasteiger partial charge is 0.202 e. The van der Waals surface area contributed by atoms with E-state index in [4.69, 9.17) is 4.74 Å². The Labute approximate surface area is 124 Å². The van der Waals surface area contributed by atoms with Crippen LogP contribution in [0.3, 0.4) is 0 Å². The minimum absolute atomic E-state index is 0.0784. The van der Waals surface area contributed by atoms with Gasteiger partial charge in [0, 0.05) is 12.1 Å². The zero-order valence-corrected chi connectivity index (χ0v) is 11.1. The van der Waals surface area contributed by atoms with Crippen LogP contribution in [0.15, 0.2) is 30.3 Å². The van der Waals surface area contributed by atoms with Crippen LogP contribution in [0.5, 0.6) is 28.7 Å². The number of rotatable bonds is 1. The number of aliphatic hydroxyl groups excluding tert-OH is 1. The van der Waals surface area contributed by atoms with Crippen molar-refractivity contribution in [2.24, 2.45) is 0 Å². The second-order valence-corrected chi connectivity index (χ2v) is 4.93. The van der Waals surface area contributed by atoms with E-state index in [1.807, 2.05) is 0 Å². The Morgan fingerprint density at radius 1 is 0.909 bits per heavy atom. The summed E-state index contributed by atoms with van der Waals surface area (Å²) in [4.78, 5) is 12.2. The monoisotopic (exact) mass is 304 g/mol. The first-order valence-corrected chi connectivity index (χ1v) is 6.35. The van der Waals surface area contributed by atoms with Gasteiger partial charge in [-0.2, -0.15) is 0 Å². The summed E-state index contributed by atoms with van der Waals surface area (Å²) < 4.78 is 5.47. The average molecular weight is 304 g/mol. The minimum atomic E-state index is -1.60. The summed E-state index contributed by atoms with van der Waals surface area (Å²) in [7, 11) is 0. The summed E-state index contributed by atoms with van der Waals surface area (Å²) in [6, 6.07) is 5.85. The second-order valence-electron chi connectivity index (χ2n) is 4.93. The van der Waals surface area contributed by atoms with Crippen molar-refractivity contribution in [3.8, 4) is 28.7 Å². The standard InChI is InChI=1S/C15H12O7/c16-7-4-10(19)12-11(5-7)22-15(14(21)13(12)20)6-1-2-8(17)9(18)3-6/h1-5,14-19,21H/t14-,15?/m0/s1. The first-order valence-electron chi connectivity index (χ1n) is 6.35. The molecule has 0 bridgehead atoms. The maximum Gasteiger partial charge on any atom is 0.202 e. The van der Waals surface area contributed by atoms with Crippen LogP contribution in [0, 0.1) is 0 Å². The maximum atomic E-state index is 12.2. The number of hydrogen-bond acceptors (Lipinski definition) is 7. The lowest BCUT2D eigenvalue weighted by molar-refractivity contribution is 0.0210. The molecule has 22 heavy (non-hydrogen) atoms. The number of hydrogen-bond donors (Lipinski definition) is 5. The molecule has 2 atom stereocenters. The Bertz CT molecular complexity index is 769. The highest BCUT2D eigenvalue weighted by atomic mass is 16.5. The van der Waals surface area contributed by atoms with Crippen LogP contribution in [0.2, 0.25) is 0 Å². The summed E-state index contributed by atoms with van der Waals surface area (Å²) in [5, 5.41) is 48.1. The highest BCUT2D eigenvalue weighted by molar-refractivity contribution is 6.05. The third-order valence-electron chi connectivity index (χ3n) is 3.45. The molecule has 1 aliphatic rings. The fraction of sp³-hybridized carbons (Fsp3) is 0.133. The molecule has 7 heteroatoms. The van der Waals surface area contributed by atoms with Crippen LogP contribution >= 0.6 is 0 Å². The molecule has 114 valence electrons. The van der Waals surface area contributed by atoms with Gasteiger partial charge in [0.05, 0.1) is 0 Å². The summed E-state index contributed by atoms with van der Waals surface area (Å²) in [5.41, 5.74) is 0.0363. The van der Waals surface area contributed by atoms with E-state index < -0.39 is 29.5 Å². The Morgan fingerprint density at radius 3 is 2.32 bits per heavy atom. The maximum absolute atomic E-state index is 12.2. The van der Waals surface area contributed by atoms with Crippen molar-refractivity contribution in [1.29, 1.82) is 0 Å². The number of fused-ring (bicyclic) bond motifs is 1. The van der Waals surface area contributed by atoms with Gasteiger partial charge in [0.2, 0.25) is 5.78 Å². The van der Waals surface area contributed by atoms with Gasteiger partial charge < -0.3 is 30.3 Å². The van der Waals surface area contributed by atoms with E-state index in [0.717, 1.165) is 18.2 Å². The summed E-state index contributed by atoms with van der Waals surface area (Å²) in [5.74, 6) is -2.41. The Hall–Kier alpha value is -2.93. The van der Waals surface area contributed by atoms with Gasteiger partial charge in [-0.3, -0.25) is 4.79 Å². The zero-order valence-electron chi connectivity index (χ0n) is 11.1. The number of carbonyl (C=O) groups is 1. The molecule has 0 fully saturated rings. The molecular formula is C15H12O7. The van der Waals surface area contributed by atoms with Crippen molar-refractivity contribution < 1.29 is 35.1 Å². The molecule has 0 aromatic heterocycles. The quantitative estimate of drug-likeness (QED) is 0.501. The van der Waals surface area contributed by atoms with Crippen molar-refractivity contribution in [2.75, 3.05) is 0 Å². The number of aliphatic hydroxyl groups is 1. The molecule has 3 rings (SSSR count). The molecule has 0 spiro atoms. The van der Waals surface area contributed by atoms with Gasteiger partial charge in [-0.1, -0.05) is 6.07 Å². The minimum Gasteiger partial charge on any atom is -0.508 e. The Morgan fingerprint density at radius 2 is 1.64 bits per heavy atom. The van der Waals surface area contributed by atoms with Crippen LogP contribution in [-0.2, 0) is 0 Å². The van der Waals surface area contributed by atoms with Crippen LogP contribution < -0.4 is 4.74 Å². The lowest BCUT2D eigenvalue weighted by Gasteiger charge is -2.30. The van der Waals surface area contributed by atoms with Gasteiger partial charge in [-0.25, -0.2) is 0 Å². The fourth-order valence-corrected chi connectivity index (χ4v) is 2.38. The van der Waals surface area contributed by atoms with Crippen molar-refractivity contribution in [3.05, 3.63) is 41.5 Å². The lowest BCUT2D eigenvalue weighted by Crippen LogP contribution is -2.36. The number of phenols is 4. The first-order chi connectivity index (χ1) is 10.4. The number of aromatic hydroxyl groups is 4. The van der Waals surface area contributed by atoms with E-state index in [2.05, 4.69) is 0 Å². The topological polar surface area (TPSA) is 127 Å². The van der Waals surface area contributed by atoms with Crippen molar-refractivity contribution in [1.82, 2.24) is 0 Å². The number of ether oxygens (including phenoxy) is 1. The molecule has 0 saturated heterocycles. The molecule has 5 N–H and O–H groups in total. The lowest BCUT2D eigenvalue weighted by atomic mass is 9.92. The average Bonchev–Trinajstić information content (AvgIpc) is 2.45. The Kier molecular flexibility index (Phi) is 3.07. The summed E-state index contributed by atoms with van der Waals surface area (Å²) >= 11 is 0. The third-order valence-corrected chi connectivity index (χ3v) is 3.45. The number of ketones is 1. The molecule has 1 heterocycles. The van der Waals surface area contributed by atoms with E-state index in [1.165, 1.54) is 12.1 Å². The molecule has 0 saturated carbocycles. The van der Waals surface area contributed by atoms with Crippen molar-refractivity contribution in [2.45, 2.75) is 12.2 Å². The predicted octanol–water partition coefficient (Wildman–Crippen LogP) is 1.19. The summed E-state index contributed by atoms with van der Waals surface area (Å²) in [6.45, 7) is 0. The largest absolute Gasteiger partial charge is 0.508 e. The highest BCUT2D eigenvalue weighted by Gasteiger charge is 2.39. The first kappa shape index (κ1) is 14.0. The number of phenolic OH excluding ortho intramolecular Hbond substituents is 4. The van der Waals surface area contributed by atoms with Gasteiger partial charge in [0.25, 0.3) is 0 Å². The molecular weight excluding hydrogens is 292 g/mol. The van der Waals surface area contributed by atoms with Gasteiger partial charge in [0.1, 0.15) is 22.8 Å². The zero-order chi connectivity index (χ0) is 16.0. The summed E-state index contributed by atoms with van der Waals surface area (Å²) in [6.07, 6.45) is -2.75. The molecule has 0 amide bonds. The van der Waals surface area contributed by atoms with Crippen LogP contribution in [0.1, 0.15) is 22.0 Å². The SMILES string of the molecule is O=C1c2c(O)cc(O)cc2OC(c2ccc(O)c(O)c2)[C@H]1O. The highest BCUT2D eigenvalue weighted by Crippen LogP contribution is 2.42. The van der Waals surface area contributed by atoms with Gasteiger partial charge in [-0.05, 0) is 17.7 Å². The van der Waals surface area contributed by atoms with E-state index in [1.54, 1.807) is 0 Å². The van der Waals surface area contributed by atoms with Gasteiger partial charge in [-0.15, -0.1) is 0 Å². The van der Waals surface area contributed by atoms with E-state index >= 15 is 0 Å². The number of carbonyl (C=O) groups excluding carboxylic acids is 1. The van der Waals surface area contributed by atoms with E-state index in [-0.39, 0.29) is 28.4 Å². The molecule has 2 aromatic carbocycles. The molecule has 0 radical (unpaired) electrons. The second kappa shape index (κ2) is 4.81. The van der Waals surface area contributed by atoms with Gasteiger partial charge in [0.15, 0.2) is 23.7 Å². The Balaban J connectivity index is 2.08. The molecule has 0 aliphatic carbocycles. The predicted molar refractivity (Wildman–Crippen MR) is 73.2 cm³/mol. The third kappa shape index (κ3) is 2.08. The molecule has 2 aromatic rings. The number of benzene rings is 2. The van der Waals surface area contributed by atoms with Crippen molar-refractivity contribution in [3.63, 3.8) is 0 Å². The van der Waals surface area contributed by atoms with E-state index in [0.29, 0.717) is 0 Å². The molecule has 7 nitrogen and oxygen atoms in total.